The Kier molecular flexibility index (Phi) is 4.69. The van der Waals surface area contributed by atoms with Crippen LogP contribution in [0, 0.1) is 5.41 Å². The van der Waals surface area contributed by atoms with Crippen LogP contribution in [0.5, 0.6) is 0 Å². The molecule has 5 heteroatoms. The first kappa shape index (κ1) is 16.4. The molecule has 3 rings (SSSR count). The molecule has 0 spiro atoms. The molecule has 0 unspecified atom stereocenters. The van der Waals surface area contributed by atoms with Crippen molar-refractivity contribution in [1.82, 2.24) is 9.88 Å². The summed E-state index contributed by atoms with van der Waals surface area (Å²) in [4.78, 5) is 19.8. The quantitative estimate of drug-likeness (QED) is 0.915. The molecule has 1 aromatic heterocycles. The minimum Gasteiger partial charge on any atom is -0.341 e. The van der Waals surface area contributed by atoms with Gasteiger partial charge in [-0.25, -0.2) is 4.98 Å². The largest absolute Gasteiger partial charge is 0.341 e. The van der Waals surface area contributed by atoms with E-state index in [0.29, 0.717) is 6.54 Å². The van der Waals surface area contributed by atoms with Crippen molar-refractivity contribution in [2.45, 2.75) is 45.6 Å². The van der Waals surface area contributed by atoms with Crippen molar-refractivity contribution >= 4 is 27.5 Å². The summed E-state index contributed by atoms with van der Waals surface area (Å²) in [6.45, 7) is 5.72. The molecule has 1 saturated heterocycles. The van der Waals surface area contributed by atoms with Gasteiger partial charge in [0.2, 0.25) is 5.91 Å². The number of thiazole rings is 1. The number of fused-ring (bicyclic) bond motifs is 1. The lowest BCUT2D eigenvalue weighted by Crippen LogP contribution is -2.44. The summed E-state index contributed by atoms with van der Waals surface area (Å²) in [6, 6.07) is 8.31. The molecule has 124 valence electrons. The molecule has 0 bridgehead atoms. The highest BCUT2D eigenvalue weighted by atomic mass is 32.1. The predicted molar refractivity (Wildman–Crippen MR) is 95.5 cm³/mol. The molecule has 1 atom stereocenters. The van der Waals surface area contributed by atoms with Crippen molar-refractivity contribution in [2.24, 2.45) is 11.1 Å². The Hall–Kier alpha value is -1.46. The molecule has 1 aliphatic rings. The van der Waals surface area contributed by atoms with Crippen LogP contribution in [0.4, 0.5) is 0 Å². The van der Waals surface area contributed by atoms with E-state index in [0.717, 1.165) is 42.8 Å². The summed E-state index contributed by atoms with van der Waals surface area (Å²) in [7, 11) is 0. The molecule has 0 aliphatic carbocycles. The van der Waals surface area contributed by atoms with Gasteiger partial charge in [-0.1, -0.05) is 26.0 Å². The van der Waals surface area contributed by atoms with E-state index in [9.17, 15) is 4.79 Å². The molecule has 2 N–H and O–H groups in total. The number of likely N-dealkylation sites (tertiary alicyclic amines) is 1. The lowest BCUT2D eigenvalue weighted by atomic mass is 9.78. The predicted octanol–water partition coefficient (Wildman–Crippen LogP) is 3.20. The van der Waals surface area contributed by atoms with Gasteiger partial charge in [-0.2, -0.15) is 0 Å². The smallest absolute Gasteiger partial charge is 0.229 e. The normalized spacial score (nSPS) is 18.7. The average molecular weight is 331 g/mol. The number of rotatable bonds is 5. The Labute approximate surface area is 141 Å². The number of hydrogen-bond acceptors (Lipinski definition) is 4. The van der Waals surface area contributed by atoms with Crippen molar-refractivity contribution in [3.8, 4) is 0 Å². The Morgan fingerprint density at radius 2 is 2.13 bits per heavy atom. The number of benzene rings is 1. The SMILES string of the molecule is CCC(CC)(Cc1nc2ccccc2s1)C(=O)N1CC[C@@H](N)C1. The van der Waals surface area contributed by atoms with Crippen molar-refractivity contribution < 1.29 is 4.79 Å². The summed E-state index contributed by atoms with van der Waals surface area (Å²) < 4.78 is 1.19. The van der Waals surface area contributed by atoms with E-state index in [-0.39, 0.29) is 17.4 Å². The van der Waals surface area contributed by atoms with E-state index >= 15 is 0 Å². The molecule has 1 fully saturated rings. The lowest BCUT2D eigenvalue weighted by molar-refractivity contribution is -0.141. The third-order valence-corrected chi connectivity index (χ3v) is 6.18. The third kappa shape index (κ3) is 3.12. The van der Waals surface area contributed by atoms with Gasteiger partial charge in [0.05, 0.1) is 20.6 Å². The molecular formula is C18H25N3OS. The third-order valence-electron chi connectivity index (χ3n) is 5.15. The number of para-hydroxylation sites is 1. The monoisotopic (exact) mass is 331 g/mol. The number of carbonyl (C=O) groups excluding carboxylic acids is 1. The summed E-state index contributed by atoms with van der Waals surface area (Å²) >= 11 is 1.71. The molecule has 2 aromatic rings. The average Bonchev–Trinajstić information content (AvgIpc) is 3.17. The van der Waals surface area contributed by atoms with Gasteiger partial charge in [0.15, 0.2) is 0 Å². The molecule has 4 nitrogen and oxygen atoms in total. The van der Waals surface area contributed by atoms with Crippen LogP contribution in [0.3, 0.4) is 0 Å². The summed E-state index contributed by atoms with van der Waals surface area (Å²) in [5.74, 6) is 0.259. The molecule has 0 radical (unpaired) electrons. The van der Waals surface area contributed by atoms with E-state index in [2.05, 4.69) is 19.9 Å². The van der Waals surface area contributed by atoms with Crippen LogP contribution in [0.1, 0.15) is 38.1 Å². The van der Waals surface area contributed by atoms with Gasteiger partial charge in [0.1, 0.15) is 0 Å². The van der Waals surface area contributed by atoms with Crippen molar-refractivity contribution in [3.63, 3.8) is 0 Å². The van der Waals surface area contributed by atoms with E-state index in [1.165, 1.54) is 4.70 Å². The number of amides is 1. The molecule has 1 aliphatic heterocycles. The first-order valence-electron chi connectivity index (χ1n) is 8.47. The van der Waals surface area contributed by atoms with E-state index in [1.54, 1.807) is 11.3 Å². The van der Waals surface area contributed by atoms with Crippen LogP contribution < -0.4 is 5.73 Å². The fourth-order valence-corrected chi connectivity index (χ4v) is 4.58. The zero-order valence-electron chi connectivity index (χ0n) is 13.9. The molecular weight excluding hydrogens is 306 g/mol. The molecule has 1 aromatic carbocycles. The summed E-state index contributed by atoms with van der Waals surface area (Å²) in [5.41, 5.74) is 6.67. The van der Waals surface area contributed by atoms with Crippen LogP contribution in [0.2, 0.25) is 0 Å². The Morgan fingerprint density at radius 3 is 2.74 bits per heavy atom. The highest BCUT2D eigenvalue weighted by molar-refractivity contribution is 7.18. The van der Waals surface area contributed by atoms with Gasteiger partial charge in [-0.05, 0) is 31.4 Å². The van der Waals surface area contributed by atoms with E-state index < -0.39 is 0 Å². The first-order chi connectivity index (χ1) is 11.1. The maximum atomic E-state index is 13.1. The second kappa shape index (κ2) is 6.57. The minimum atomic E-state index is -0.349. The molecule has 1 amide bonds. The number of hydrogen-bond donors (Lipinski definition) is 1. The zero-order valence-corrected chi connectivity index (χ0v) is 14.7. The van der Waals surface area contributed by atoms with Gasteiger partial charge in [-0.15, -0.1) is 11.3 Å². The van der Waals surface area contributed by atoms with Crippen LogP contribution in [0.25, 0.3) is 10.2 Å². The maximum Gasteiger partial charge on any atom is 0.229 e. The van der Waals surface area contributed by atoms with Gasteiger partial charge in [-0.3, -0.25) is 4.79 Å². The lowest BCUT2D eigenvalue weighted by Gasteiger charge is -2.33. The van der Waals surface area contributed by atoms with Crippen molar-refractivity contribution in [3.05, 3.63) is 29.3 Å². The Morgan fingerprint density at radius 1 is 1.39 bits per heavy atom. The van der Waals surface area contributed by atoms with Gasteiger partial charge >= 0.3 is 0 Å². The van der Waals surface area contributed by atoms with Gasteiger partial charge < -0.3 is 10.6 Å². The summed E-state index contributed by atoms with van der Waals surface area (Å²) in [6.07, 6.45) is 3.31. The van der Waals surface area contributed by atoms with Crippen LogP contribution in [0.15, 0.2) is 24.3 Å². The second-order valence-electron chi connectivity index (χ2n) is 6.54. The standard InChI is InChI=1S/C18H25N3OS/c1-3-18(4-2,17(22)21-10-9-13(19)12-21)11-16-20-14-7-5-6-8-15(14)23-16/h5-8,13H,3-4,9-12,19H2,1-2H3/t13-/m1/s1. The van der Waals surface area contributed by atoms with Crippen LogP contribution >= 0.6 is 11.3 Å². The Bertz CT molecular complexity index is 659. The number of aromatic nitrogens is 1. The fourth-order valence-electron chi connectivity index (χ4n) is 3.47. The molecule has 2 heterocycles. The number of nitrogens with zero attached hydrogens (tertiary/aromatic N) is 2. The van der Waals surface area contributed by atoms with E-state index in [4.69, 9.17) is 10.7 Å². The summed E-state index contributed by atoms with van der Waals surface area (Å²) in [5, 5.41) is 1.06. The van der Waals surface area contributed by atoms with E-state index in [1.807, 2.05) is 23.1 Å². The number of nitrogens with two attached hydrogens (primary N) is 1. The highest BCUT2D eigenvalue weighted by Crippen LogP contribution is 2.36. The highest BCUT2D eigenvalue weighted by Gasteiger charge is 2.40. The molecule has 23 heavy (non-hydrogen) atoms. The van der Waals surface area contributed by atoms with Gasteiger partial charge in [0.25, 0.3) is 0 Å². The topological polar surface area (TPSA) is 59.2 Å². The first-order valence-corrected chi connectivity index (χ1v) is 9.29. The van der Waals surface area contributed by atoms with Gasteiger partial charge in [0, 0.05) is 25.6 Å². The van der Waals surface area contributed by atoms with Crippen LogP contribution in [-0.2, 0) is 11.2 Å². The maximum absolute atomic E-state index is 13.1. The Balaban J connectivity index is 1.86. The molecule has 0 saturated carbocycles. The number of carbonyl (C=O) groups is 1. The minimum absolute atomic E-state index is 0.132. The van der Waals surface area contributed by atoms with Crippen molar-refractivity contribution in [2.75, 3.05) is 13.1 Å². The zero-order chi connectivity index (χ0) is 16.4. The van der Waals surface area contributed by atoms with Crippen molar-refractivity contribution in [1.29, 1.82) is 0 Å². The second-order valence-corrected chi connectivity index (χ2v) is 7.65. The fraction of sp³-hybridized carbons (Fsp3) is 0.556. The van der Waals surface area contributed by atoms with Crippen LogP contribution in [-0.4, -0.2) is 34.9 Å².